The van der Waals surface area contributed by atoms with Gasteiger partial charge in [0.1, 0.15) is 0 Å². The van der Waals surface area contributed by atoms with E-state index in [9.17, 15) is 14.9 Å². The number of hydrogen-bond acceptors (Lipinski definition) is 4. The lowest BCUT2D eigenvalue weighted by Crippen LogP contribution is -2.40. The van der Waals surface area contributed by atoms with Crippen molar-refractivity contribution >= 4 is 13.1 Å². The molecule has 86 valence electrons. The number of rotatable bonds is 4. The lowest BCUT2D eigenvalue weighted by atomic mass is 9.64. The Morgan fingerprint density at radius 3 is 2.73 bits per heavy atom. The molecule has 1 aliphatic rings. The monoisotopic (exact) mass is 216 g/mol. The minimum atomic E-state index is -0.974. The average Bonchev–Trinajstić information content (AvgIpc) is 2.14. The van der Waals surface area contributed by atoms with Gasteiger partial charge in [-0.05, 0) is 26.2 Å². The van der Waals surface area contributed by atoms with E-state index in [0.717, 1.165) is 0 Å². The highest BCUT2D eigenvalue weighted by molar-refractivity contribution is 6.45. The molecular formula is C9H17BO5. The lowest BCUT2D eigenvalue weighted by molar-refractivity contribution is -0.137. The molecule has 0 aromatic carbocycles. The van der Waals surface area contributed by atoms with Crippen LogP contribution in [-0.4, -0.2) is 40.5 Å². The van der Waals surface area contributed by atoms with Gasteiger partial charge < -0.3 is 19.9 Å². The first-order valence-electron chi connectivity index (χ1n) is 5.24. The van der Waals surface area contributed by atoms with Gasteiger partial charge in [-0.15, -0.1) is 0 Å². The summed E-state index contributed by atoms with van der Waals surface area (Å²) in [5, 5.41) is 27.4. The second-order valence-electron chi connectivity index (χ2n) is 4.06. The molecular weight excluding hydrogens is 199 g/mol. The van der Waals surface area contributed by atoms with E-state index in [1.807, 2.05) is 0 Å². The number of carboxylic acid groups (broad SMARTS) is 1. The second-order valence-corrected chi connectivity index (χ2v) is 4.06. The van der Waals surface area contributed by atoms with Crippen LogP contribution in [0.15, 0.2) is 0 Å². The van der Waals surface area contributed by atoms with Crippen LogP contribution in [0.1, 0.15) is 32.6 Å². The van der Waals surface area contributed by atoms with Gasteiger partial charge in [0.15, 0.2) is 0 Å². The van der Waals surface area contributed by atoms with Crippen molar-refractivity contribution in [3.05, 3.63) is 0 Å². The van der Waals surface area contributed by atoms with Gasteiger partial charge in [-0.2, -0.15) is 0 Å². The van der Waals surface area contributed by atoms with Gasteiger partial charge in [-0.1, -0.05) is 0 Å². The zero-order valence-corrected chi connectivity index (χ0v) is 8.80. The molecule has 1 aliphatic heterocycles. The first-order valence-corrected chi connectivity index (χ1v) is 5.24. The predicted octanol–water partition coefficient (Wildman–Crippen LogP) is 0.262. The first-order chi connectivity index (χ1) is 7.00. The van der Waals surface area contributed by atoms with Crippen molar-refractivity contribution in [1.82, 2.24) is 0 Å². The molecule has 15 heavy (non-hydrogen) atoms. The van der Waals surface area contributed by atoms with E-state index >= 15 is 0 Å². The maximum Gasteiger partial charge on any atom is 0.460 e. The van der Waals surface area contributed by atoms with Crippen molar-refractivity contribution in [3.8, 4) is 0 Å². The molecule has 3 atom stereocenters. The summed E-state index contributed by atoms with van der Waals surface area (Å²) in [6, 6.07) is 0. The second kappa shape index (κ2) is 5.49. The third kappa shape index (κ3) is 3.81. The summed E-state index contributed by atoms with van der Waals surface area (Å²) in [5.41, 5.74) is 0. The predicted molar refractivity (Wildman–Crippen MR) is 54.4 cm³/mol. The van der Waals surface area contributed by atoms with E-state index in [0.29, 0.717) is 19.3 Å². The molecule has 0 aromatic heterocycles. The summed E-state index contributed by atoms with van der Waals surface area (Å²) in [7, 11) is -0.974. The molecule has 6 heteroatoms. The Morgan fingerprint density at radius 2 is 2.27 bits per heavy atom. The molecule has 0 spiro atoms. The van der Waals surface area contributed by atoms with Crippen LogP contribution in [-0.2, 0) is 9.45 Å². The summed E-state index contributed by atoms with van der Waals surface area (Å²) < 4.78 is 5.24. The Kier molecular flexibility index (Phi) is 4.57. The zero-order chi connectivity index (χ0) is 11.4. The van der Waals surface area contributed by atoms with E-state index in [2.05, 4.69) is 0 Å². The van der Waals surface area contributed by atoms with Gasteiger partial charge in [-0.3, -0.25) is 4.79 Å². The SMILES string of the molecule is C[C@@H](O)[C@@H]1CC[C@@H](CCC(=O)O)OB1O. The maximum absolute atomic E-state index is 10.3. The van der Waals surface area contributed by atoms with E-state index in [1.54, 1.807) is 6.92 Å². The molecule has 0 aromatic rings. The Labute approximate surface area is 89.2 Å². The lowest BCUT2D eigenvalue weighted by Gasteiger charge is -2.32. The number of carboxylic acids is 1. The molecule has 3 N–H and O–H groups in total. The van der Waals surface area contributed by atoms with Gasteiger partial charge in [0.2, 0.25) is 0 Å². The standard InChI is InChI=1S/C9H17BO5/c1-6(11)8-4-2-7(15-10(8)14)3-5-9(12)13/h6-8,11,14H,2-5H2,1H3,(H,12,13)/t6-,7+,8+/m1/s1. The Bertz CT molecular complexity index is 221. The van der Waals surface area contributed by atoms with E-state index in [4.69, 9.17) is 9.76 Å². The Balaban J connectivity index is 2.34. The van der Waals surface area contributed by atoms with Gasteiger partial charge in [0.05, 0.1) is 6.10 Å². The number of aliphatic hydroxyl groups excluding tert-OH is 1. The molecule has 1 rings (SSSR count). The average molecular weight is 216 g/mol. The number of aliphatic hydroxyl groups is 1. The largest absolute Gasteiger partial charge is 0.481 e. The number of carbonyl (C=O) groups is 1. The molecule has 0 amide bonds. The summed E-state index contributed by atoms with van der Waals surface area (Å²) in [4.78, 5) is 10.3. The highest BCUT2D eigenvalue weighted by Gasteiger charge is 2.37. The van der Waals surface area contributed by atoms with Gasteiger partial charge >= 0.3 is 13.1 Å². The Morgan fingerprint density at radius 1 is 1.60 bits per heavy atom. The third-order valence-corrected chi connectivity index (χ3v) is 2.82. The van der Waals surface area contributed by atoms with Crippen LogP contribution in [0.5, 0.6) is 0 Å². The van der Waals surface area contributed by atoms with Crippen LogP contribution in [0.2, 0.25) is 5.82 Å². The maximum atomic E-state index is 10.3. The van der Waals surface area contributed by atoms with Crippen LogP contribution in [0.3, 0.4) is 0 Å². The summed E-state index contributed by atoms with van der Waals surface area (Å²) in [5.74, 6) is -1.11. The molecule has 1 fully saturated rings. The normalized spacial score (nSPS) is 28.9. The van der Waals surface area contributed by atoms with Gasteiger partial charge in [-0.25, -0.2) is 0 Å². The van der Waals surface area contributed by atoms with Gasteiger partial charge in [0, 0.05) is 18.3 Å². The van der Waals surface area contributed by atoms with Crippen molar-refractivity contribution in [3.63, 3.8) is 0 Å². The molecule has 0 radical (unpaired) electrons. The highest BCUT2D eigenvalue weighted by atomic mass is 16.5. The molecule has 0 aliphatic carbocycles. The minimum absolute atomic E-state index is 0.0523. The molecule has 0 unspecified atom stereocenters. The molecule has 0 saturated carbocycles. The van der Waals surface area contributed by atoms with Crippen LogP contribution < -0.4 is 0 Å². The third-order valence-electron chi connectivity index (χ3n) is 2.82. The van der Waals surface area contributed by atoms with Gasteiger partial charge in [0.25, 0.3) is 0 Å². The fourth-order valence-electron chi connectivity index (χ4n) is 1.86. The van der Waals surface area contributed by atoms with Crippen molar-refractivity contribution in [2.75, 3.05) is 0 Å². The number of aliphatic carboxylic acids is 1. The topological polar surface area (TPSA) is 87.0 Å². The van der Waals surface area contributed by atoms with E-state index in [1.165, 1.54) is 0 Å². The zero-order valence-electron chi connectivity index (χ0n) is 8.80. The quantitative estimate of drug-likeness (QED) is 0.586. The number of hydrogen-bond donors (Lipinski definition) is 3. The first kappa shape index (κ1) is 12.5. The van der Waals surface area contributed by atoms with Crippen molar-refractivity contribution in [2.45, 2.75) is 50.6 Å². The van der Waals surface area contributed by atoms with Crippen LogP contribution in [0, 0.1) is 0 Å². The highest BCUT2D eigenvalue weighted by Crippen LogP contribution is 2.30. The fraction of sp³-hybridized carbons (Fsp3) is 0.889. The van der Waals surface area contributed by atoms with Crippen molar-refractivity contribution < 1.29 is 24.7 Å². The van der Waals surface area contributed by atoms with Crippen molar-refractivity contribution in [2.24, 2.45) is 0 Å². The van der Waals surface area contributed by atoms with E-state index in [-0.39, 0.29) is 18.3 Å². The summed E-state index contributed by atoms with van der Waals surface area (Å²) in [6.45, 7) is 1.62. The Hall–Kier alpha value is -0.585. The van der Waals surface area contributed by atoms with Crippen LogP contribution >= 0.6 is 0 Å². The summed E-state index contributed by atoms with van der Waals surface area (Å²) >= 11 is 0. The molecule has 5 nitrogen and oxygen atoms in total. The molecule has 0 bridgehead atoms. The minimum Gasteiger partial charge on any atom is -0.481 e. The van der Waals surface area contributed by atoms with Crippen LogP contribution in [0.25, 0.3) is 0 Å². The van der Waals surface area contributed by atoms with Crippen LogP contribution in [0.4, 0.5) is 0 Å². The fourth-order valence-corrected chi connectivity index (χ4v) is 1.86. The summed E-state index contributed by atoms with van der Waals surface area (Å²) in [6.07, 6.45) is 1.03. The van der Waals surface area contributed by atoms with Crippen molar-refractivity contribution in [1.29, 1.82) is 0 Å². The molecule has 1 heterocycles. The van der Waals surface area contributed by atoms with E-state index < -0.39 is 19.2 Å². The molecule has 1 saturated heterocycles. The smallest absolute Gasteiger partial charge is 0.460 e.